The molecule has 1 aromatic heterocycles. The van der Waals surface area contributed by atoms with Crippen LogP contribution in [0.1, 0.15) is 18.1 Å². The highest BCUT2D eigenvalue weighted by molar-refractivity contribution is 7.10. The Hall–Kier alpha value is -2.93. The molecule has 27 heavy (non-hydrogen) atoms. The van der Waals surface area contributed by atoms with E-state index in [0.717, 1.165) is 39.7 Å². The minimum atomic E-state index is -0.271. The SMILES string of the molecule is CCOc1ccc(-c2nsc(NC(=O)COc3c(C)cccc3C)n2)cc1. The predicted molar refractivity (Wildman–Crippen MR) is 107 cm³/mol. The lowest BCUT2D eigenvalue weighted by Gasteiger charge is -2.11. The fourth-order valence-electron chi connectivity index (χ4n) is 2.58. The molecule has 0 spiro atoms. The van der Waals surface area contributed by atoms with Gasteiger partial charge in [-0.1, -0.05) is 18.2 Å². The second-order valence-electron chi connectivity index (χ2n) is 5.94. The number of hydrogen-bond acceptors (Lipinski definition) is 6. The standard InChI is InChI=1S/C20H21N3O3S/c1-4-25-16-10-8-15(9-11-16)19-22-20(27-23-19)21-17(24)12-26-18-13(2)6-5-7-14(18)3/h5-11H,4,12H2,1-3H3,(H,21,22,23,24). The van der Waals surface area contributed by atoms with Gasteiger partial charge in [-0.3, -0.25) is 10.1 Å². The molecule has 0 atom stereocenters. The van der Waals surface area contributed by atoms with Gasteiger partial charge in [0.1, 0.15) is 11.5 Å². The van der Waals surface area contributed by atoms with Crippen LogP contribution in [0.25, 0.3) is 11.4 Å². The molecule has 0 saturated carbocycles. The number of aryl methyl sites for hydroxylation is 2. The fraction of sp³-hybridized carbons (Fsp3) is 0.250. The minimum absolute atomic E-state index is 0.0797. The highest BCUT2D eigenvalue weighted by Crippen LogP contribution is 2.24. The topological polar surface area (TPSA) is 73.3 Å². The van der Waals surface area contributed by atoms with Gasteiger partial charge < -0.3 is 9.47 Å². The van der Waals surface area contributed by atoms with Crippen LogP contribution in [-0.2, 0) is 4.79 Å². The van der Waals surface area contributed by atoms with Crippen LogP contribution in [0.2, 0.25) is 0 Å². The predicted octanol–water partition coefficient (Wildman–Crippen LogP) is 4.24. The summed E-state index contributed by atoms with van der Waals surface area (Å²) in [6.07, 6.45) is 0. The molecule has 0 bridgehead atoms. The van der Waals surface area contributed by atoms with Gasteiger partial charge in [-0.15, -0.1) is 0 Å². The maximum Gasteiger partial charge on any atom is 0.264 e. The summed E-state index contributed by atoms with van der Waals surface area (Å²) in [6, 6.07) is 13.4. The molecule has 0 radical (unpaired) electrons. The molecule has 0 aliphatic rings. The zero-order valence-electron chi connectivity index (χ0n) is 15.5. The monoisotopic (exact) mass is 383 g/mol. The third-order valence-electron chi connectivity index (χ3n) is 3.85. The number of amides is 1. The Morgan fingerprint density at radius 3 is 2.44 bits per heavy atom. The van der Waals surface area contributed by atoms with E-state index in [0.29, 0.717) is 17.6 Å². The number of ether oxygens (including phenoxy) is 2. The van der Waals surface area contributed by atoms with E-state index in [1.54, 1.807) is 0 Å². The summed E-state index contributed by atoms with van der Waals surface area (Å²) in [7, 11) is 0. The number of carbonyl (C=O) groups is 1. The third-order valence-corrected chi connectivity index (χ3v) is 4.48. The Labute approximate surface area is 162 Å². The highest BCUT2D eigenvalue weighted by atomic mass is 32.1. The quantitative estimate of drug-likeness (QED) is 0.661. The number of benzene rings is 2. The normalized spacial score (nSPS) is 10.5. The van der Waals surface area contributed by atoms with Crippen molar-refractivity contribution in [2.24, 2.45) is 0 Å². The van der Waals surface area contributed by atoms with Crippen molar-refractivity contribution < 1.29 is 14.3 Å². The lowest BCUT2D eigenvalue weighted by Crippen LogP contribution is -2.20. The van der Waals surface area contributed by atoms with Crippen molar-refractivity contribution >= 4 is 22.6 Å². The number of nitrogens with one attached hydrogen (secondary N) is 1. The summed E-state index contributed by atoms with van der Waals surface area (Å²) in [5.41, 5.74) is 2.86. The summed E-state index contributed by atoms with van der Waals surface area (Å²) in [5, 5.41) is 3.17. The van der Waals surface area contributed by atoms with Crippen LogP contribution >= 0.6 is 11.5 Å². The Kier molecular flexibility index (Phi) is 6.03. The third kappa shape index (κ3) is 4.83. The molecule has 3 rings (SSSR count). The number of carbonyl (C=O) groups excluding carboxylic acids is 1. The first-order valence-corrected chi connectivity index (χ1v) is 9.40. The molecule has 1 N–H and O–H groups in total. The van der Waals surface area contributed by atoms with Gasteiger partial charge in [-0.2, -0.15) is 9.36 Å². The summed E-state index contributed by atoms with van der Waals surface area (Å²) < 4.78 is 15.4. The molecule has 2 aromatic carbocycles. The lowest BCUT2D eigenvalue weighted by atomic mass is 10.1. The van der Waals surface area contributed by atoms with Crippen LogP contribution < -0.4 is 14.8 Å². The van der Waals surface area contributed by atoms with Gasteiger partial charge >= 0.3 is 0 Å². The summed E-state index contributed by atoms with van der Waals surface area (Å²) >= 11 is 1.14. The molecule has 0 saturated heterocycles. The summed E-state index contributed by atoms with van der Waals surface area (Å²) in [4.78, 5) is 16.5. The van der Waals surface area contributed by atoms with Crippen molar-refractivity contribution in [1.29, 1.82) is 0 Å². The van der Waals surface area contributed by atoms with Gasteiger partial charge in [0.05, 0.1) is 6.61 Å². The van der Waals surface area contributed by atoms with Gasteiger partial charge in [0.15, 0.2) is 12.4 Å². The van der Waals surface area contributed by atoms with E-state index in [9.17, 15) is 4.79 Å². The lowest BCUT2D eigenvalue weighted by molar-refractivity contribution is -0.118. The molecular formula is C20H21N3O3S. The van der Waals surface area contributed by atoms with Crippen LogP contribution in [0, 0.1) is 13.8 Å². The van der Waals surface area contributed by atoms with Gasteiger partial charge in [0, 0.05) is 17.1 Å². The summed E-state index contributed by atoms with van der Waals surface area (Å²) in [5.74, 6) is 1.83. The van der Waals surface area contributed by atoms with Crippen molar-refractivity contribution in [1.82, 2.24) is 9.36 Å². The molecule has 3 aromatic rings. The highest BCUT2D eigenvalue weighted by Gasteiger charge is 2.12. The van der Waals surface area contributed by atoms with E-state index in [1.165, 1.54) is 0 Å². The Morgan fingerprint density at radius 2 is 1.78 bits per heavy atom. The smallest absolute Gasteiger partial charge is 0.264 e. The number of aromatic nitrogens is 2. The van der Waals surface area contributed by atoms with E-state index in [4.69, 9.17) is 9.47 Å². The summed E-state index contributed by atoms with van der Waals surface area (Å²) in [6.45, 7) is 6.38. The molecule has 140 valence electrons. The number of para-hydroxylation sites is 1. The molecule has 0 aliphatic heterocycles. The zero-order chi connectivity index (χ0) is 19.2. The molecular weight excluding hydrogens is 362 g/mol. The van der Waals surface area contributed by atoms with Crippen LogP contribution in [0.15, 0.2) is 42.5 Å². The van der Waals surface area contributed by atoms with Gasteiger partial charge in [-0.25, -0.2) is 0 Å². The number of hydrogen-bond donors (Lipinski definition) is 1. The molecule has 1 heterocycles. The zero-order valence-corrected chi connectivity index (χ0v) is 16.3. The van der Waals surface area contributed by atoms with Crippen molar-refractivity contribution in [2.45, 2.75) is 20.8 Å². The molecule has 0 unspecified atom stereocenters. The first-order valence-electron chi connectivity index (χ1n) is 8.62. The van der Waals surface area contributed by atoms with E-state index in [2.05, 4.69) is 14.7 Å². The molecule has 0 fully saturated rings. The van der Waals surface area contributed by atoms with E-state index >= 15 is 0 Å². The first-order chi connectivity index (χ1) is 13.1. The van der Waals surface area contributed by atoms with Gasteiger partial charge in [0.2, 0.25) is 5.13 Å². The number of rotatable bonds is 7. The maximum atomic E-state index is 12.2. The molecule has 1 amide bonds. The van der Waals surface area contributed by atoms with Crippen LogP contribution in [0.3, 0.4) is 0 Å². The Balaban J connectivity index is 1.59. The van der Waals surface area contributed by atoms with Crippen molar-refractivity contribution in [3.63, 3.8) is 0 Å². The molecule has 0 aliphatic carbocycles. The Morgan fingerprint density at radius 1 is 1.07 bits per heavy atom. The maximum absolute atomic E-state index is 12.2. The van der Waals surface area contributed by atoms with E-state index in [1.807, 2.05) is 63.2 Å². The minimum Gasteiger partial charge on any atom is -0.494 e. The van der Waals surface area contributed by atoms with E-state index < -0.39 is 0 Å². The average Bonchev–Trinajstić information content (AvgIpc) is 3.10. The van der Waals surface area contributed by atoms with Gasteiger partial charge in [-0.05, 0) is 56.2 Å². The molecule has 6 nitrogen and oxygen atoms in total. The van der Waals surface area contributed by atoms with Crippen LogP contribution in [0.5, 0.6) is 11.5 Å². The molecule has 7 heteroatoms. The first kappa shape index (κ1) is 18.8. The van der Waals surface area contributed by atoms with Crippen molar-refractivity contribution in [2.75, 3.05) is 18.5 Å². The number of nitrogens with zero attached hydrogens (tertiary/aromatic N) is 2. The van der Waals surface area contributed by atoms with Gasteiger partial charge in [0.25, 0.3) is 5.91 Å². The second-order valence-corrected chi connectivity index (χ2v) is 6.69. The van der Waals surface area contributed by atoms with E-state index in [-0.39, 0.29) is 12.5 Å². The largest absolute Gasteiger partial charge is 0.494 e. The van der Waals surface area contributed by atoms with Crippen molar-refractivity contribution in [3.05, 3.63) is 53.6 Å². The Bertz CT molecular complexity index is 902. The fourth-order valence-corrected chi connectivity index (χ4v) is 3.18. The second kappa shape index (κ2) is 8.64. The van der Waals surface area contributed by atoms with Crippen LogP contribution in [0.4, 0.5) is 5.13 Å². The van der Waals surface area contributed by atoms with Crippen molar-refractivity contribution in [3.8, 4) is 22.9 Å². The number of anilines is 1. The average molecular weight is 383 g/mol. The van der Waals surface area contributed by atoms with Crippen LogP contribution in [-0.4, -0.2) is 28.5 Å².